The van der Waals surface area contributed by atoms with Gasteiger partial charge in [0, 0.05) is 12.8 Å². The van der Waals surface area contributed by atoms with Gasteiger partial charge in [-0.3, -0.25) is 4.79 Å². The van der Waals surface area contributed by atoms with Crippen LogP contribution >= 0.6 is 0 Å². The molecule has 0 aromatic carbocycles. The van der Waals surface area contributed by atoms with Crippen LogP contribution in [0.15, 0.2) is 0 Å². The van der Waals surface area contributed by atoms with Crippen molar-refractivity contribution in [1.29, 1.82) is 0 Å². The maximum Gasteiger partial charge on any atom is 0.237 e. The van der Waals surface area contributed by atoms with Gasteiger partial charge in [0.25, 0.3) is 0 Å². The van der Waals surface area contributed by atoms with Crippen molar-refractivity contribution in [2.45, 2.75) is 26.3 Å². The van der Waals surface area contributed by atoms with Crippen molar-refractivity contribution in [2.24, 2.45) is 11.7 Å². The molecule has 5 nitrogen and oxygen atoms in total. The quantitative estimate of drug-likeness (QED) is 0.610. The van der Waals surface area contributed by atoms with Gasteiger partial charge in [0.2, 0.25) is 5.91 Å². The molecule has 0 rings (SSSR count). The van der Waals surface area contributed by atoms with Crippen molar-refractivity contribution in [1.82, 2.24) is 5.32 Å². The van der Waals surface area contributed by atoms with Crippen molar-refractivity contribution < 1.29 is 13.2 Å². The Balaban J connectivity index is 3.74. The molecule has 0 spiro atoms. The molecule has 0 saturated carbocycles. The molecular weight excluding hydrogens is 216 g/mol. The van der Waals surface area contributed by atoms with Gasteiger partial charge in [0.15, 0.2) is 0 Å². The fourth-order valence-corrected chi connectivity index (χ4v) is 1.64. The van der Waals surface area contributed by atoms with Crippen LogP contribution in [-0.4, -0.2) is 38.9 Å². The third-order valence-electron chi connectivity index (χ3n) is 2.01. The molecule has 6 heteroatoms. The summed E-state index contributed by atoms with van der Waals surface area (Å²) < 4.78 is 21.6. The summed E-state index contributed by atoms with van der Waals surface area (Å²) in [5.41, 5.74) is 5.60. The molecule has 0 aliphatic rings. The molecule has 90 valence electrons. The van der Waals surface area contributed by atoms with Crippen LogP contribution in [0.2, 0.25) is 0 Å². The summed E-state index contributed by atoms with van der Waals surface area (Å²) in [5.74, 6) is -0.0529. The van der Waals surface area contributed by atoms with Crippen molar-refractivity contribution in [2.75, 3.05) is 18.6 Å². The van der Waals surface area contributed by atoms with Gasteiger partial charge in [-0.25, -0.2) is 8.42 Å². The SMILES string of the molecule is CC(C)[C@H](N)C(=O)NCCCS(C)(=O)=O. The number of carbonyl (C=O) groups is 1. The number of sulfone groups is 1. The van der Waals surface area contributed by atoms with E-state index in [1.54, 1.807) is 0 Å². The van der Waals surface area contributed by atoms with Crippen molar-refractivity contribution >= 4 is 15.7 Å². The van der Waals surface area contributed by atoms with Gasteiger partial charge in [0.05, 0.1) is 11.8 Å². The lowest BCUT2D eigenvalue weighted by molar-refractivity contribution is -0.123. The zero-order valence-electron chi connectivity index (χ0n) is 9.49. The highest BCUT2D eigenvalue weighted by Crippen LogP contribution is 1.97. The Morgan fingerprint density at radius 1 is 1.40 bits per heavy atom. The minimum absolute atomic E-state index is 0.0832. The summed E-state index contributed by atoms with van der Waals surface area (Å²) in [6, 6.07) is -0.525. The van der Waals surface area contributed by atoms with Crippen LogP contribution in [0, 0.1) is 5.92 Å². The first-order chi connectivity index (χ1) is 6.74. The van der Waals surface area contributed by atoms with Crippen molar-refractivity contribution in [3.63, 3.8) is 0 Å². The van der Waals surface area contributed by atoms with Gasteiger partial charge in [-0.15, -0.1) is 0 Å². The van der Waals surface area contributed by atoms with E-state index in [2.05, 4.69) is 5.32 Å². The van der Waals surface area contributed by atoms with Gasteiger partial charge in [0.1, 0.15) is 9.84 Å². The zero-order valence-corrected chi connectivity index (χ0v) is 10.3. The van der Waals surface area contributed by atoms with Crippen LogP contribution in [-0.2, 0) is 14.6 Å². The van der Waals surface area contributed by atoms with E-state index in [1.807, 2.05) is 13.8 Å². The van der Waals surface area contributed by atoms with Crippen LogP contribution < -0.4 is 11.1 Å². The van der Waals surface area contributed by atoms with E-state index in [1.165, 1.54) is 6.26 Å². The molecule has 0 aromatic heterocycles. The van der Waals surface area contributed by atoms with E-state index in [-0.39, 0.29) is 17.6 Å². The standard InChI is InChI=1S/C9H20N2O3S/c1-7(2)8(10)9(12)11-5-4-6-15(3,13)14/h7-8H,4-6,10H2,1-3H3,(H,11,12)/t8-/m0/s1. The average molecular weight is 236 g/mol. The normalized spacial score (nSPS) is 13.9. The summed E-state index contributed by atoms with van der Waals surface area (Å²) >= 11 is 0. The lowest BCUT2D eigenvalue weighted by Crippen LogP contribution is -2.44. The summed E-state index contributed by atoms with van der Waals surface area (Å²) in [5, 5.41) is 2.61. The molecule has 0 radical (unpaired) electrons. The highest BCUT2D eigenvalue weighted by atomic mass is 32.2. The first kappa shape index (κ1) is 14.4. The Kier molecular flexibility index (Phi) is 5.82. The highest BCUT2D eigenvalue weighted by molar-refractivity contribution is 7.90. The molecule has 0 unspecified atom stereocenters. The van der Waals surface area contributed by atoms with E-state index in [0.29, 0.717) is 13.0 Å². The number of nitrogens with one attached hydrogen (secondary N) is 1. The predicted molar refractivity (Wildman–Crippen MR) is 60.2 cm³/mol. The van der Waals surface area contributed by atoms with Crippen molar-refractivity contribution in [3.05, 3.63) is 0 Å². The molecule has 0 aliphatic heterocycles. The summed E-state index contributed by atoms with van der Waals surface area (Å²) in [4.78, 5) is 11.3. The number of hydrogen-bond acceptors (Lipinski definition) is 4. The summed E-state index contributed by atoms with van der Waals surface area (Å²) in [7, 11) is -2.94. The summed E-state index contributed by atoms with van der Waals surface area (Å²) in [6.45, 7) is 4.08. The molecular formula is C9H20N2O3S. The van der Waals surface area contributed by atoms with E-state index in [0.717, 1.165) is 0 Å². The number of carbonyl (C=O) groups excluding carboxylic acids is 1. The number of hydrogen-bond donors (Lipinski definition) is 2. The van der Waals surface area contributed by atoms with Gasteiger partial charge >= 0.3 is 0 Å². The summed E-state index contributed by atoms with van der Waals surface area (Å²) in [6.07, 6.45) is 1.60. The minimum Gasteiger partial charge on any atom is -0.355 e. The Labute approximate surface area is 91.3 Å². The Bertz CT molecular complexity index is 298. The number of rotatable bonds is 6. The molecule has 0 heterocycles. The lowest BCUT2D eigenvalue weighted by Gasteiger charge is -2.14. The lowest BCUT2D eigenvalue weighted by atomic mass is 10.1. The minimum atomic E-state index is -2.94. The number of amides is 1. The largest absolute Gasteiger partial charge is 0.355 e. The maximum absolute atomic E-state index is 11.3. The molecule has 0 aliphatic carbocycles. The monoisotopic (exact) mass is 236 g/mol. The fourth-order valence-electron chi connectivity index (χ4n) is 0.967. The second-order valence-corrected chi connectivity index (χ2v) is 6.30. The molecule has 0 bridgehead atoms. The predicted octanol–water partition coefficient (Wildman–Crippen LogP) is -0.479. The Morgan fingerprint density at radius 3 is 2.33 bits per heavy atom. The van der Waals surface area contributed by atoms with E-state index < -0.39 is 15.9 Å². The molecule has 3 N–H and O–H groups in total. The third kappa shape index (κ3) is 7.33. The number of nitrogens with two attached hydrogens (primary N) is 1. The fraction of sp³-hybridized carbons (Fsp3) is 0.889. The van der Waals surface area contributed by atoms with Crippen LogP contribution in [0.3, 0.4) is 0 Å². The zero-order chi connectivity index (χ0) is 12.1. The van der Waals surface area contributed by atoms with E-state index in [9.17, 15) is 13.2 Å². The van der Waals surface area contributed by atoms with Crippen molar-refractivity contribution in [3.8, 4) is 0 Å². The van der Waals surface area contributed by atoms with Crippen LogP contribution in [0.5, 0.6) is 0 Å². The first-order valence-electron chi connectivity index (χ1n) is 4.95. The van der Waals surface area contributed by atoms with Gasteiger partial charge < -0.3 is 11.1 Å². The molecule has 0 aromatic rings. The molecule has 0 saturated heterocycles. The van der Waals surface area contributed by atoms with E-state index >= 15 is 0 Å². The van der Waals surface area contributed by atoms with Gasteiger partial charge in [-0.2, -0.15) is 0 Å². The highest BCUT2D eigenvalue weighted by Gasteiger charge is 2.16. The Hall–Kier alpha value is -0.620. The van der Waals surface area contributed by atoms with Gasteiger partial charge in [-0.1, -0.05) is 13.8 Å². The van der Waals surface area contributed by atoms with Crippen LogP contribution in [0.4, 0.5) is 0 Å². The van der Waals surface area contributed by atoms with Crippen LogP contribution in [0.25, 0.3) is 0 Å². The third-order valence-corrected chi connectivity index (χ3v) is 3.04. The second kappa shape index (κ2) is 6.07. The second-order valence-electron chi connectivity index (χ2n) is 4.04. The first-order valence-corrected chi connectivity index (χ1v) is 7.01. The maximum atomic E-state index is 11.3. The Morgan fingerprint density at radius 2 is 1.93 bits per heavy atom. The smallest absolute Gasteiger partial charge is 0.237 e. The van der Waals surface area contributed by atoms with Gasteiger partial charge in [-0.05, 0) is 12.3 Å². The molecule has 1 amide bonds. The molecule has 15 heavy (non-hydrogen) atoms. The molecule has 1 atom stereocenters. The molecule has 0 fully saturated rings. The van der Waals surface area contributed by atoms with Crippen LogP contribution in [0.1, 0.15) is 20.3 Å². The average Bonchev–Trinajstić information content (AvgIpc) is 2.09. The topological polar surface area (TPSA) is 89.3 Å². The van der Waals surface area contributed by atoms with E-state index in [4.69, 9.17) is 5.73 Å².